The van der Waals surface area contributed by atoms with Crippen LogP contribution < -0.4 is 5.32 Å². The SMILES string of the molecule is Cc1[nH]nc2ncc(C(=O)NC(CCO)c3ccccc3)cc12. The first-order valence-electron chi connectivity index (χ1n) is 7.46. The molecule has 0 radical (unpaired) electrons. The molecule has 3 aromatic rings. The fraction of sp³-hybridized carbons (Fsp3) is 0.235. The smallest absolute Gasteiger partial charge is 0.253 e. The van der Waals surface area contributed by atoms with Crippen LogP contribution >= 0.6 is 0 Å². The number of aliphatic hydroxyl groups excluding tert-OH is 1. The average Bonchev–Trinajstić information content (AvgIpc) is 2.96. The minimum Gasteiger partial charge on any atom is -0.396 e. The molecule has 0 saturated heterocycles. The number of nitrogens with zero attached hydrogens (tertiary/aromatic N) is 2. The number of hydrogen-bond acceptors (Lipinski definition) is 4. The van der Waals surface area contributed by atoms with E-state index in [-0.39, 0.29) is 18.6 Å². The van der Waals surface area contributed by atoms with Gasteiger partial charge in [-0.2, -0.15) is 5.10 Å². The van der Waals surface area contributed by atoms with Crippen LogP contribution in [0.2, 0.25) is 0 Å². The normalized spacial score (nSPS) is 12.3. The molecule has 118 valence electrons. The van der Waals surface area contributed by atoms with E-state index in [9.17, 15) is 9.90 Å². The van der Waals surface area contributed by atoms with Crippen molar-refractivity contribution in [3.05, 3.63) is 59.4 Å². The molecule has 0 fully saturated rings. The van der Waals surface area contributed by atoms with E-state index < -0.39 is 0 Å². The molecular formula is C17H18N4O2. The Bertz CT molecular complexity index is 814. The highest BCUT2D eigenvalue weighted by Gasteiger charge is 2.16. The second kappa shape index (κ2) is 6.58. The van der Waals surface area contributed by atoms with Crippen LogP contribution in [0, 0.1) is 6.92 Å². The Balaban J connectivity index is 1.84. The molecule has 23 heavy (non-hydrogen) atoms. The maximum atomic E-state index is 12.5. The maximum absolute atomic E-state index is 12.5. The molecule has 2 aromatic heterocycles. The number of aliphatic hydroxyl groups is 1. The first kappa shape index (κ1) is 15.2. The van der Waals surface area contributed by atoms with Crippen molar-refractivity contribution in [2.24, 2.45) is 0 Å². The van der Waals surface area contributed by atoms with Crippen LogP contribution in [0.4, 0.5) is 0 Å². The topological polar surface area (TPSA) is 90.9 Å². The minimum atomic E-state index is -0.241. The summed E-state index contributed by atoms with van der Waals surface area (Å²) in [5, 5.41) is 20.0. The highest BCUT2D eigenvalue weighted by atomic mass is 16.3. The van der Waals surface area contributed by atoms with Crippen LogP contribution in [0.15, 0.2) is 42.6 Å². The summed E-state index contributed by atoms with van der Waals surface area (Å²) in [6.45, 7) is 1.88. The molecule has 1 aromatic carbocycles. The number of nitrogens with one attached hydrogen (secondary N) is 2. The molecular weight excluding hydrogens is 292 g/mol. The minimum absolute atomic E-state index is 0.00202. The van der Waals surface area contributed by atoms with E-state index in [0.717, 1.165) is 16.6 Å². The van der Waals surface area contributed by atoms with Crippen molar-refractivity contribution in [1.82, 2.24) is 20.5 Å². The molecule has 0 aliphatic rings. The number of rotatable bonds is 5. The zero-order chi connectivity index (χ0) is 16.2. The van der Waals surface area contributed by atoms with E-state index in [1.165, 1.54) is 6.20 Å². The van der Waals surface area contributed by atoms with Gasteiger partial charge in [0.15, 0.2) is 5.65 Å². The number of carbonyl (C=O) groups excluding carboxylic acids is 1. The summed E-state index contributed by atoms with van der Waals surface area (Å²) in [7, 11) is 0. The predicted molar refractivity (Wildman–Crippen MR) is 87.0 cm³/mol. The number of hydrogen-bond donors (Lipinski definition) is 3. The van der Waals surface area contributed by atoms with Crippen molar-refractivity contribution in [1.29, 1.82) is 0 Å². The number of carbonyl (C=O) groups is 1. The fourth-order valence-electron chi connectivity index (χ4n) is 2.52. The molecule has 1 unspecified atom stereocenters. The van der Waals surface area contributed by atoms with Crippen LogP contribution in [0.5, 0.6) is 0 Å². The number of fused-ring (bicyclic) bond motifs is 1. The zero-order valence-corrected chi connectivity index (χ0v) is 12.8. The summed E-state index contributed by atoms with van der Waals surface area (Å²) in [5.41, 5.74) is 2.90. The van der Waals surface area contributed by atoms with Crippen molar-refractivity contribution in [3.63, 3.8) is 0 Å². The third kappa shape index (κ3) is 3.22. The molecule has 6 nitrogen and oxygen atoms in total. The molecule has 1 atom stereocenters. The van der Waals surface area contributed by atoms with Gasteiger partial charge >= 0.3 is 0 Å². The first-order chi connectivity index (χ1) is 11.2. The molecule has 0 spiro atoms. The molecule has 2 heterocycles. The lowest BCUT2D eigenvalue weighted by atomic mass is 10.0. The summed E-state index contributed by atoms with van der Waals surface area (Å²) < 4.78 is 0. The Morgan fingerprint density at radius 1 is 1.35 bits per heavy atom. The van der Waals surface area contributed by atoms with Crippen LogP contribution in [-0.2, 0) is 0 Å². The quantitative estimate of drug-likeness (QED) is 0.673. The standard InChI is InChI=1S/C17H18N4O2/c1-11-14-9-13(10-18-16(14)21-20-11)17(23)19-15(7-8-22)12-5-3-2-4-6-12/h2-6,9-10,15,22H,7-8H2,1H3,(H,19,23)(H,18,20,21). The number of aryl methyl sites for hydroxylation is 1. The summed E-state index contributed by atoms with van der Waals surface area (Å²) in [6.07, 6.45) is 1.97. The Hall–Kier alpha value is -2.73. The Morgan fingerprint density at radius 3 is 2.87 bits per heavy atom. The second-order valence-corrected chi connectivity index (χ2v) is 5.39. The number of amides is 1. The van der Waals surface area contributed by atoms with Crippen LogP contribution in [-0.4, -0.2) is 32.8 Å². The van der Waals surface area contributed by atoms with E-state index >= 15 is 0 Å². The number of benzene rings is 1. The first-order valence-corrected chi connectivity index (χ1v) is 7.46. The molecule has 3 rings (SSSR count). The van der Waals surface area contributed by atoms with Crippen molar-refractivity contribution in [2.45, 2.75) is 19.4 Å². The third-order valence-electron chi connectivity index (χ3n) is 3.79. The molecule has 6 heteroatoms. The molecule has 0 saturated carbocycles. The number of H-pyrrole nitrogens is 1. The van der Waals surface area contributed by atoms with E-state index in [4.69, 9.17) is 0 Å². The monoisotopic (exact) mass is 310 g/mol. The number of pyridine rings is 1. The van der Waals surface area contributed by atoms with E-state index in [2.05, 4.69) is 20.5 Å². The van der Waals surface area contributed by atoms with Gasteiger partial charge in [-0.15, -0.1) is 0 Å². The summed E-state index contributed by atoms with van der Waals surface area (Å²) in [4.78, 5) is 16.7. The van der Waals surface area contributed by atoms with Crippen molar-refractivity contribution in [3.8, 4) is 0 Å². The third-order valence-corrected chi connectivity index (χ3v) is 3.79. The Labute approximate surface area is 133 Å². The van der Waals surface area contributed by atoms with Gasteiger partial charge in [0.25, 0.3) is 5.91 Å². The van der Waals surface area contributed by atoms with E-state index in [1.54, 1.807) is 6.07 Å². The van der Waals surface area contributed by atoms with Gasteiger partial charge in [0.2, 0.25) is 0 Å². The maximum Gasteiger partial charge on any atom is 0.253 e. The van der Waals surface area contributed by atoms with Crippen LogP contribution in [0.3, 0.4) is 0 Å². The van der Waals surface area contributed by atoms with Crippen molar-refractivity contribution in [2.75, 3.05) is 6.61 Å². The lowest BCUT2D eigenvalue weighted by Crippen LogP contribution is -2.29. The number of aromatic amines is 1. The molecule has 3 N–H and O–H groups in total. The largest absolute Gasteiger partial charge is 0.396 e. The van der Waals surface area contributed by atoms with Crippen molar-refractivity contribution >= 4 is 16.9 Å². The molecule has 0 aliphatic heterocycles. The van der Waals surface area contributed by atoms with Gasteiger partial charge in [0, 0.05) is 23.9 Å². The molecule has 1 amide bonds. The molecule has 0 bridgehead atoms. The fourth-order valence-corrected chi connectivity index (χ4v) is 2.52. The van der Waals surface area contributed by atoms with Gasteiger partial charge in [-0.05, 0) is 25.0 Å². The summed E-state index contributed by atoms with van der Waals surface area (Å²) in [5.74, 6) is -0.220. The van der Waals surface area contributed by atoms with Crippen molar-refractivity contribution < 1.29 is 9.90 Å². The summed E-state index contributed by atoms with van der Waals surface area (Å²) >= 11 is 0. The van der Waals surface area contributed by atoms with Gasteiger partial charge in [-0.1, -0.05) is 30.3 Å². The molecule has 0 aliphatic carbocycles. The average molecular weight is 310 g/mol. The lowest BCUT2D eigenvalue weighted by Gasteiger charge is -2.18. The zero-order valence-electron chi connectivity index (χ0n) is 12.8. The van der Waals surface area contributed by atoms with Gasteiger partial charge in [-0.25, -0.2) is 4.98 Å². The highest BCUT2D eigenvalue weighted by Crippen LogP contribution is 2.18. The Kier molecular flexibility index (Phi) is 4.34. The number of aromatic nitrogens is 3. The van der Waals surface area contributed by atoms with Gasteiger partial charge < -0.3 is 10.4 Å². The van der Waals surface area contributed by atoms with Crippen LogP contribution in [0.1, 0.15) is 34.1 Å². The predicted octanol–water partition coefficient (Wildman–Crippen LogP) is 2.12. The van der Waals surface area contributed by atoms with E-state index in [1.807, 2.05) is 37.3 Å². The van der Waals surface area contributed by atoms with Gasteiger partial charge in [0.1, 0.15) is 0 Å². The summed E-state index contributed by atoms with van der Waals surface area (Å²) in [6, 6.07) is 11.1. The second-order valence-electron chi connectivity index (χ2n) is 5.39. The van der Waals surface area contributed by atoms with Crippen LogP contribution in [0.25, 0.3) is 11.0 Å². The lowest BCUT2D eigenvalue weighted by molar-refractivity contribution is 0.0930. The highest BCUT2D eigenvalue weighted by molar-refractivity contribution is 5.97. The van der Waals surface area contributed by atoms with E-state index in [0.29, 0.717) is 17.6 Å². The Morgan fingerprint density at radius 2 is 2.13 bits per heavy atom. The van der Waals surface area contributed by atoms with Gasteiger partial charge in [0.05, 0.1) is 11.6 Å². The van der Waals surface area contributed by atoms with Gasteiger partial charge in [-0.3, -0.25) is 9.89 Å².